The van der Waals surface area contributed by atoms with Crippen molar-refractivity contribution in [3.63, 3.8) is 0 Å². The number of anilines is 1. The molecule has 0 saturated heterocycles. The molecule has 0 atom stereocenters. The maximum absolute atomic E-state index is 12.5. The molecule has 2 N–H and O–H groups in total. The number of amides is 2. The fourth-order valence-corrected chi connectivity index (χ4v) is 3.16. The van der Waals surface area contributed by atoms with E-state index < -0.39 is 0 Å². The summed E-state index contributed by atoms with van der Waals surface area (Å²) in [5.41, 5.74) is 0.557. The molecule has 0 fully saturated rings. The van der Waals surface area contributed by atoms with Gasteiger partial charge in [0.25, 0.3) is 5.91 Å². The van der Waals surface area contributed by atoms with Gasteiger partial charge in [-0.25, -0.2) is 0 Å². The third-order valence-electron chi connectivity index (χ3n) is 3.66. The lowest BCUT2D eigenvalue weighted by Crippen LogP contribution is -2.40. The van der Waals surface area contributed by atoms with E-state index in [1.807, 2.05) is 32.9 Å². The highest BCUT2D eigenvalue weighted by molar-refractivity contribution is 8.00. The molecule has 0 bridgehead atoms. The topological polar surface area (TPSA) is 76.7 Å². The van der Waals surface area contributed by atoms with Gasteiger partial charge < -0.3 is 20.1 Å². The molecule has 2 amide bonds. The summed E-state index contributed by atoms with van der Waals surface area (Å²) in [5, 5.41) is 5.73. The maximum atomic E-state index is 12.5. The molecule has 2 aromatic rings. The van der Waals surface area contributed by atoms with Gasteiger partial charge >= 0.3 is 0 Å². The van der Waals surface area contributed by atoms with E-state index in [0.29, 0.717) is 22.7 Å². The molecule has 0 spiro atoms. The Labute approximate surface area is 170 Å². The number of hydrogen-bond donors (Lipinski definition) is 2. The van der Waals surface area contributed by atoms with Gasteiger partial charge in [-0.1, -0.05) is 12.1 Å². The summed E-state index contributed by atoms with van der Waals surface area (Å²) in [6, 6.07) is 12.4. The van der Waals surface area contributed by atoms with Crippen LogP contribution in [0.1, 0.15) is 31.1 Å². The third-order valence-corrected chi connectivity index (χ3v) is 4.65. The van der Waals surface area contributed by atoms with Crippen LogP contribution in [0.15, 0.2) is 47.4 Å². The fraction of sp³-hybridized carbons (Fsp3) is 0.333. The molecule has 0 aliphatic heterocycles. The van der Waals surface area contributed by atoms with Crippen molar-refractivity contribution in [1.29, 1.82) is 0 Å². The van der Waals surface area contributed by atoms with Crippen LogP contribution in [0.3, 0.4) is 0 Å². The third kappa shape index (κ3) is 6.20. The van der Waals surface area contributed by atoms with Crippen LogP contribution in [0, 0.1) is 0 Å². The van der Waals surface area contributed by atoms with Gasteiger partial charge in [0.2, 0.25) is 5.91 Å². The van der Waals surface area contributed by atoms with Gasteiger partial charge in [-0.2, -0.15) is 0 Å². The molecule has 28 heavy (non-hydrogen) atoms. The van der Waals surface area contributed by atoms with Crippen molar-refractivity contribution in [2.24, 2.45) is 0 Å². The summed E-state index contributed by atoms with van der Waals surface area (Å²) in [7, 11) is 3.14. The highest BCUT2D eigenvalue weighted by atomic mass is 32.2. The van der Waals surface area contributed by atoms with E-state index in [-0.39, 0.29) is 23.1 Å². The molecule has 2 aromatic carbocycles. The van der Waals surface area contributed by atoms with Crippen molar-refractivity contribution >= 4 is 29.3 Å². The van der Waals surface area contributed by atoms with Crippen molar-refractivity contribution in [1.82, 2.24) is 5.32 Å². The van der Waals surface area contributed by atoms with Gasteiger partial charge in [-0.05, 0) is 51.1 Å². The van der Waals surface area contributed by atoms with Crippen LogP contribution in [-0.4, -0.2) is 37.3 Å². The van der Waals surface area contributed by atoms with Crippen LogP contribution in [0.25, 0.3) is 0 Å². The van der Waals surface area contributed by atoms with E-state index in [1.54, 1.807) is 44.6 Å². The second-order valence-corrected chi connectivity index (χ2v) is 8.15. The molecule has 0 radical (unpaired) electrons. The lowest BCUT2D eigenvalue weighted by molar-refractivity contribution is -0.113. The number of carbonyl (C=O) groups is 2. The highest BCUT2D eigenvalue weighted by Crippen LogP contribution is 2.31. The Morgan fingerprint density at radius 2 is 1.68 bits per heavy atom. The first-order valence-electron chi connectivity index (χ1n) is 8.79. The zero-order valence-corrected chi connectivity index (χ0v) is 17.6. The van der Waals surface area contributed by atoms with E-state index in [2.05, 4.69) is 10.6 Å². The van der Waals surface area contributed by atoms with E-state index in [0.717, 1.165) is 4.90 Å². The molecular weight excluding hydrogens is 376 g/mol. The molecule has 0 aromatic heterocycles. The minimum Gasteiger partial charge on any atom is -0.493 e. The first-order chi connectivity index (χ1) is 13.2. The molecule has 0 aliphatic rings. The number of methoxy groups -OCH3 is 2. The normalized spacial score (nSPS) is 10.9. The van der Waals surface area contributed by atoms with Crippen LogP contribution < -0.4 is 20.1 Å². The molecule has 150 valence electrons. The Kier molecular flexibility index (Phi) is 7.34. The van der Waals surface area contributed by atoms with E-state index in [1.165, 1.54) is 11.8 Å². The van der Waals surface area contributed by atoms with Gasteiger partial charge in [0.05, 0.1) is 31.2 Å². The van der Waals surface area contributed by atoms with E-state index in [9.17, 15) is 9.59 Å². The average molecular weight is 403 g/mol. The molecule has 0 saturated carbocycles. The first-order valence-corrected chi connectivity index (χ1v) is 9.78. The van der Waals surface area contributed by atoms with E-state index >= 15 is 0 Å². The number of hydrogen-bond acceptors (Lipinski definition) is 5. The minimum absolute atomic E-state index is 0.198. The number of para-hydroxylation sites is 1. The van der Waals surface area contributed by atoms with Gasteiger partial charge in [-0.15, -0.1) is 11.8 Å². The maximum Gasteiger partial charge on any atom is 0.253 e. The van der Waals surface area contributed by atoms with Crippen LogP contribution >= 0.6 is 11.8 Å². The quantitative estimate of drug-likeness (QED) is 0.686. The zero-order chi connectivity index (χ0) is 20.7. The summed E-state index contributed by atoms with van der Waals surface area (Å²) >= 11 is 1.37. The summed E-state index contributed by atoms with van der Waals surface area (Å²) < 4.78 is 10.5. The van der Waals surface area contributed by atoms with Gasteiger partial charge in [0.1, 0.15) is 0 Å². The number of ether oxygens (including phenoxy) is 2. The molecular formula is C21H26N2O4S. The lowest BCUT2D eigenvalue weighted by atomic mass is 10.1. The van der Waals surface area contributed by atoms with Gasteiger partial charge in [0, 0.05) is 10.4 Å². The van der Waals surface area contributed by atoms with Crippen LogP contribution in [0.5, 0.6) is 11.5 Å². The molecule has 0 unspecified atom stereocenters. The fourth-order valence-electron chi connectivity index (χ4n) is 2.44. The molecule has 7 heteroatoms. The van der Waals surface area contributed by atoms with Crippen LogP contribution in [-0.2, 0) is 4.79 Å². The highest BCUT2D eigenvalue weighted by Gasteiger charge is 2.18. The van der Waals surface area contributed by atoms with Crippen LogP contribution in [0.4, 0.5) is 5.69 Å². The van der Waals surface area contributed by atoms with Crippen molar-refractivity contribution in [3.05, 3.63) is 48.0 Å². The van der Waals surface area contributed by atoms with Crippen molar-refractivity contribution < 1.29 is 19.1 Å². The summed E-state index contributed by atoms with van der Waals surface area (Å²) in [6.07, 6.45) is 0. The lowest BCUT2D eigenvalue weighted by Gasteiger charge is -2.21. The van der Waals surface area contributed by atoms with Crippen molar-refractivity contribution in [2.75, 3.05) is 25.3 Å². The predicted molar refractivity (Wildman–Crippen MR) is 113 cm³/mol. The summed E-state index contributed by atoms with van der Waals surface area (Å²) in [5.74, 6) is 1.02. The minimum atomic E-state index is -0.364. The monoisotopic (exact) mass is 402 g/mol. The number of benzene rings is 2. The Hall–Kier alpha value is -2.67. The first kappa shape index (κ1) is 21.6. The SMILES string of the molecule is COc1ccc(SCC(=O)Nc2ccccc2C(=O)NC(C)(C)C)cc1OC. The average Bonchev–Trinajstić information content (AvgIpc) is 2.65. The Morgan fingerprint density at radius 1 is 1.00 bits per heavy atom. The molecule has 0 aliphatic carbocycles. The van der Waals surface area contributed by atoms with Gasteiger partial charge in [0.15, 0.2) is 11.5 Å². The van der Waals surface area contributed by atoms with Crippen molar-refractivity contribution in [2.45, 2.75) is 31.2 Å². The van der Waals surface area contributed by atoms with Crippen molar-refractivity contribution in [3.8, 4) is 11.5 Å². The number of rotatable bonds is 7. The summed E-state index contributed by atoms with van der Waals surface area (Å²) in [4.78, 5) is 25.8. The van der Waals surface area contributed by atoms with Gasteiger partial charge in [-0.3, -0.25) is 9.59 Å². The van der Waals surface area contributed by atoms with Crippen LogP contribution in [0.2, 0.25) is 0 Å². The smallest absolute Gasteiger partial charge is 0.253 e. The molecule has 0 heterocycles. The van der Waals surface area contributed by atoms with E-state index in [4.69, 9.17) is 9.47 Å². The standard InChI is InChI=1S/C21H26N2O4S/c1-21(2,3)23-20(25)15-8-6-7-9-16(15)22-19(24)13-28-14-10-11-17(26-4)18(12-14)27-5/h6-12H,13H2,1-5H3,(H,22,24)(H,23,25). The zero-order valence-electron chi connectivity index (χ0n) is 16.8. The molecule has 6 nitrogen and oxygen atoms in total. The predicted octanol–water partition coefficient (Wildman–Crippen LogP) is 3.96. The number of nitrogens with one attached hydrogen (secondary N) is 2. The molecule has 2 rings (SSSR count). The largest absolute Gasteiger partial charge is 0.493 e. The summed E-state index contributed by atoms with van der Waals surface area (Å²) in [6.45, 7) is 5.73. The number of carbonyl (C=O) groups excluding carboxylic acids is 2. The Balaban J connectivity index is 2.03. The second kappa shape index (κ2) is 9.50. The second-order valence-electron chi connectivity index (χ2n) is 7.10. The Morgan fingerprint density at radius 3 is 2.32 bits per heavy atom. The number of thioether (sulfide) groups is 1. The Bertz CT molecular complexity index is 847.